The lowest BCUT2D eigenvalue weighted by molar-refractivity contribution is 0.903. The van der Waals surface area contributed by atoms with Gasteiger partial charge in [-0.3, -0.25) is 48.1 Å². The number of aromatic amines is 6. The molecule has 616 valence electrons. The first kappa shape index (κ1) is 102. The lowest BCUT2D eigenvalue weighted by Crippen LogP contribution is -2.08. The Labute approximate surface area is 730 Å². The number of imidazole rings is 1. The van der Waals surface area contributed by atoms with Crippen molar-refractivity contribution in [1.29, 1.82) is 0 Å². The summed E-state index contributed by atoms with van der Waals surface area (Å²) in [5.74, 6) is 3.85. The van der Waals surface area contributed by atoms with Crippen molar-refractivity contribution >= 4 is 156 Å². The Hall–Kier alpha value is -8.62. The van der Waals surface area contributed by atoms with E-state index in [9.17, 15) is 28.8 Å². The van der Waals surface area contributed by atoms with Crippen molar-refractivity contribution in [2.24, 2.45) is 0 Å². The van der Waals surface area contributed by atoms with Crippen LogP contribution in [0.1, 0.15) is 122 Å². The number of halogens is 5. The van der Waals surface area contributed by atoms with Crippen molar-refractivity contribution in [3.05, 3.63) is 305 Å². The number of pyridine rings is 5. The van der Waals surface area contributed by atoms with E-state index in [1.165, 1.54) is 123 Å². The second-order valence-electron chi connectivity index (χ2n) is 22.9. The van der Waals surface area contributed by atoms with Gasteiger partial charge in [-0.15, -0.1) is 22.7 Å². The molecule has 0 aliphatic carbocycles. The molecule has 0 aliphatic heterocycles. The topological polar surface area (TPSA) is 369 Å². The number of nitrogens with one attached hydrogen (secondary N) is 6. The summed E-state index contributed by atoms with van der Waals surface area (Å²) in [5, 5.41) is 8.74. The Kier molecular flexibility index (Phi) is 44.5. The van der Waals surface area contributed by atoms with Gasteiger partial charge in [-0.2, -0.15) is 0 Å². The number of aryl methyl sites for hydroxylation is 8. The molecule has 0 saturated carbocycles. The fourth-order valence-corrected chi connectivity index (χ4v) is 17.6. The Balaban J connectivity index is 0.000000357. The van der Waals surface area contributed by atoms with Crippen LogP contribution in [0.4, 0.5) is 0 Å². The van der Waals surface area contributed by atoms with Gasteiger partial charge < -0.3 is 29.9 Å². The average Bonchev–Trinajstić information content (AvgIpc) is 1.66. The summed E-state index contributed by atoms with van der Waals surface area (Å²) in [5.41, 5.74) is 11.2. The van der Waals surface area contributed by atoms with Gasteiger partial charge in [0, 0.05) is 193 Å². The number of nitrogens with zero attached hydrogens (tertiary/aromatic N) is 14. The second-order valence-corrected chi connectivity index (χ2v) is 32.7. The van der Waals surface area contributed by atoms with Crippen LogP contribution in [-0.2, 0) is 34.5 Å². The number of hydrogen-bond donors (Lipinski definition) is 6. The molecule has 0 amide bonds. The van der Waals surface area contributed by atoms with Gasteiger partial charge in [-0.05, 0) is 102 Å². The number of aromatic nitrogens is 20. The van der Waals surface area contributed by atoms with E-state index >= 15 is 0 Å². The molecule has 14 aromatic rings. The molecule has 0 bridgehead atoms. The quantitative estimate of drug-likeness (QED) is 0.0249. The monoisotopic (exact) mass is 1820 g/mol. The Morgan fingerprint density at radius 2 is 0.836 bits per heavy atom. The first-order chi connectivity index (χ1) is 52.7. The third-order valence-corrected chi connectivity index (χ3v) is 23.1. The van der Waals surface area contributed by atoms with Crippen LogP contribution in [0.3, 0.4) is 0 Å². The minimum atomic E-state index is -0.173. The van der Waals surface area contributed by atoms with Gasteiger partial charge in [0.25, 0.3) is 33.4 Å². The minimum absolute atomic E-state index is 0. The van der Waals surface area contributed by atoms with Crippen molar-refractivity contribution in [1.82, 2.24) is 99.1 Å². The van der Waals surface area contributed by atoms with Crippen molar-refractivity contribution in [2.45, 2.75) is 165 Å². The summed E-state index contributed by atoms with van der Waals surface area (Å²) in [6, 6.07) is 22.2. The molecule has 0 saturated heterocycles. The van der Waals surface area contributed by atoms with Crippen molar-refractivity contribution in [3.8, 4) is 11.1 Å². The Morgan fingerprint density at radius 1 is 0.397 bits per heavy atom. The summed E-state index contributed by atoms with van der Waals surface area (Å²) < 4.78 is 1.95. The first-order valence-electron chi connectivity index (χ1n) is 32.3. The fraction of sp³-hybridized carbons (Fsp3) is 0.260. The third kappa shape index (κ3) is 33.4. The molecular weight excluding hydrogens is 1730 g/mol. The van der Waals surface area contributed by atoms with Gasteiger partial charge in [-0.25, -0.2) is 49.8 Å². The molecule has 14 aromatic heterocycles. The molecule has 0 radical (unpaired) electrons. The van der Waals surface area contributed by atoms with Gasteiger partial charge in [0.1, 0.15) is 15.3 Å². The predicted octanol–water partition coefficient (Wildman–Crippen LogP) is 19.7. The Morgan fingerprint density at radius 3 is 1.29 bits per heavy atom. The van der Waals surface area contributed by atoms with Gasteiger partial charge in [0.05, 0.1) is 16.5 Å². The highest BCUT2D eigenvalue weighted by molar-refractivity contribution is 7.99. The molecule has 14 heterocycles. The SMILES string of the molecule is C.C.C.C.C.C.Cc1cc(=O)[nH]c(SCc2c(Cl)ccnc2Cl)n1.Cc1cc(=O)[nH]c(SCc2c(Cl)nc3sccn23)n1.Cc1cc(=O)[nH]c(SCc2cccnc2C)n1.Cc1cc(=O)[nH]c(SCc2ccnc(Cl)c2Cl)n1.Cc1cc(=O)[nH]c(SCc2cncc(-c3cccnc3)c2)n1.Cc1cc(=O)[nH]c(SCc2ncc(C)s2)n1. The molecule has 0 unspecified atom stereocenters. The van der Waals surface area contributed by atoms with Crippen molar-refractivity contribution in [2.75, 3.05) is 0 Å². The van der Waals surface area contributed by atoms with Crippen molar-refractivity contribution in [3.63, 3.8) is 0 Å². The van der Waals surface area contributed by atoms with Gasteiger partial charge >= 0.3 is 0 Å². The molecule has 116 heavy (non-hydrogen) atoms. The molecule has 0 aliphatic rings. The van der Waals surface area contributed by atoms with Crippen molar-refractivity contribution < 1.29 is 0 Å². The highest BCUT2D eigenvalue weighted by atomic mass is 35.5. The van der Waals surface area contributed by atoms with Crippen LogP contribution in [0, 0.1) is 55.4 Å². The third-order valence-electron chi connectivity index (χ3n) is 14.0. The molecule has 39 heteroatoms. The van der Waals surface area contributed by atoms with Crippen LogP contribution in [-0.4, -0.2) is 99.1 Å². The average molecular weight is 1820 g/mol. The van der Waals surface area contributed by atoms with E-state index in [0.717, 1.165) is 77.6 Å². The van der Waals surface area contributed by atoms with E-state index in [2.05, 4.69) is 101 Å². The van der Waals surface area contributed by atoms with Crippen LogP contribution in [0.15, 0.2) is 200 Å². The summed E-state index contributed by atoms with van der Waals surface area (Å²) in [4.78, 5) is 141. The highest BCUT2D eigenvalue weighted by Gasteiger charge is 2.15. The molecule has 0 fully saturated rings. The molecule has 6 N–H and O–H groups in total. The maximum absolute atomic E-state index is 11.4. The molecular formula is C77H89Cl5N20O6S8. The summed E-state index contributed by atoms with van der Waals surface area (Å²) in [7, 11) is 0. The van der Waals surface area contributed by atoms with E-state index in [0.29, 0.717) is 97.1 Å². The summed E-state index contributed by atoms with van der Waals surface area (Å²) >= 11 is 41.8. The van der Waals surface area contributed by atoms with E-state index < -0.39 is 0 Å². The number of H-pyrrole nitrogens is 6. The van der Waals surface area contributed by atoms with Crippen LogP contribution in [0.2, 0.25) is 25.5 Å². The molecule has 0 spiro atoms. The van der Waals surface area contributed by atoms with E-state index in [-0.39, 0.29) is 83.1 Å². The predicted molar refractivity (Wildman–Crippen MR) is 485 cm³/mol. The molecule has 14 rings (SSSR count). The van der Waals surface area contributed by atoms with Crippen LogP contribution >= 0.6 is 151 Å². The van der Waals surface area contributed by atoms with Crippen LogP contribution in [0.5, 0.6) is 0 Å². The number of fused-ring (bicyclic) bond motifs is 1. The van der Waals surface area contributed by atoms with Crippen LogP contribution in [0.25, 0.3) is 16.1 Å². The number of rotatable bonds is 19. The highest BCUT2D eigenvalue weighted by Crippen LogP contribution is 2.32. The molecule has 26 nitrogen and oxygen atoms in total. The number of thiazole rings is 2. The van der Waals surface area contributed by atoms with E-state index in [4.69, 9.17) is 58.0 Å². The Bertz CT molecular complexity index is 5810. The zero-order chi connectivity index (χ0) is 78.8. The van der Waals surface area contributed by atoms with Crippen LogP contribution < -0.4 is 33.4 Å². The van der Waals surface area contributed by atoms with Gasteiger partial charge in [0.2, 0.25) is 0 Å². The van der Waals surface area contributed by atoms with E-state index in [1.54, 1.807) is 69.0 Å². The zero-order valence-electron chi connectivity index (χ0n) is 59.4. The number of thioether (sulfide) groups is 6. The number of hydrogen-bond acceptors (Lipinski definition) is 27. The fourth-order valence-electron chi connectivity index (χ4n) is 9.04. The molecule has 0 aromatic carbocycles. The maximum atomic E-state index is 11.4. The summed E-state index contributed by atoms with van der Waals surface area (Å²) in [6.07, 6.45) is 15.9. The second kappa shape index (κ2) is 50.9. The van der Waals surface area contributed by atoms with Gasteiger partial charge in [-0.1, -0.05) is 185 Å². The largest absolute Gasteiger partial charge is 0.301 e. The minimum Gasteiger partial charge on any atom is -0.301 e. The lowest BCUT2D eigenvalue weighted by Gasteiger charge is -2.05. The smallest absolute Gasteiger partial charge is 0.251 e. The van der Waals surface area contributed by atoms with E-state index in [1.807, 2.05) is 99.6 Å². The normalized spacial score (nSPS) is 10.1. The maximum Gasteiger partial charge on any atom is 0.251 e. The lowest BCUT2D eigenvalue weighted by atomic mass is 10.1. The summed E-state index contributed by atoms with van der Waals surface area (Å²) in [6.45, 7) is 14.8. The first-order valence-corrected chi connectivity index (χ1v) is 41.8. The van der Waals surface area contributed by atoms with Gasteiger partial charge in [0.15, 0.2) is 41.1 Å². The standard InChI is InChI=1S/C16H14N4OS.C12H13N3OS.2C11H9Cl2N3OS.C11H9ClN4OS2.C10H11N3OS2.6CH4/c1-11-5-15(21)20-16(19-11)22-10-12-6-14(9-18-7-12)13-3-2-4-17-8-13;1-8-6-11(16)15-12(14-8)17-7-10-4-3-5-13-9(10)2;1-6-4-9(17)16-11(15-6)18-5-7-8(12)2-3-14-10(7)13;1-6-4-8(17)16-11(15-6)18-5-7-2-3-14-10(13)9(7)12;1-6-4-8(17)14-10(13-6)19-5-7-9(12)15-11-16(7)2-3-18-11;1-6-3-8(14)13-10(12-6)15-5-9-11-4-7(2)16-9;;;;;;/h2-9H,10H2,1H3,(H,19,20,21);3-6H,7H2,1-2H3,(H,14,15,16);2*2-4H,5H2,1H3,(H,15,16,17);2-4H,5H2,1H3,(H,13,14,17);3-4H,5H2,1-2H3,(H,12,13,14);6*1H4. The zero-order valence-corrected chi connectivity index (χ0v) is 69.7. The molecule has 0 atom stereocenters.